The van der Waals surface area contributed by atoms with Gasteiger partial charge in [-0.25, -0.2) is 4.98 Å². The molecule has 0 atom stereocenters. The number of aromatic nitrogens is 2. The van der Waals surface area contributed by atoms with Crippen molar-refractivity contribution in [1.29, 1.82) is 0 Å². The van der Waals surface area contributed by atoms with E-state index in [0.717, 1.165) is 34.3 Å². The molecule has 1 aromatic carbocycles. The maximum absolute atomic E-state index is 9.29. The van der Waals surface area contributed by atoms with Gasteiger partial charge in [0.25, 0.3) is 0 Å². The average Bonchev–Trinajstić information content (AvgIpc) is 2.74. The van der Waals surface area contributed by atoms with Gasteiger partial charge < -0.3 is 10.0 Å². The molecule has 3 rings (SSSR count). The molecule has 2 heterocycles. The summed E-state index contributed by atoms with van der Waals surface area (Å²) in [6.45, 7) is 3.22. The lowest BCUT2D eigenvalue weighted by atomic mass is 10.1. The highest BCUT2D eigenvalue weighted by molar-refractivity contribution is 5.97. The van der Waals surface area contributed by atoms with Gasteiger partial charge in [-0.15, -0.1) is 0 Å². The standard InChI is InChI=1S/C13H10N2O.C4H11N/c16-8-9-7-14-6-5-11-10-3-1-2-4-12(10)15-13(9)11;1-4-5(2)3/h1-7,16H,8H2;4H2,1-3H3. The zero-order valence-corrected chi connectivity index (χ0v) is 12.7. The summed E-state index contributed by atoms with van der Waals surface area (Å²) >= 11 is 0. The van der Waals surface area contributed by atoms with Gasteiger partial charge in [-0.1, -0.05) is 25.1 Å². The fourth-order valence-electron chi connectivity index (χ4n) is 1.95. The summed E-state index contributed by atoms with van der Waals surface area (Å²) in [6, 6.07) is 9.90. The van der Waals surface area contributed by atoms with Crippen LogP contribution in [0.25, 0.3) is 22.2 Å². The normalized spacial score (nSPS) is 10.7. The van der Waals surface area contributed by atoms with Crippen LogP contribution >= 0.6 is 0 Å². The first kappa shape index (κ1) is 15.4. The SMILES string of the molecule is CCN(C)C.OCc1cnccc2c3ccccc3nc1-2. The molecule has 0 radical (unpaired) electrons. The fourth-order valence-corrected chi connectivity index (χ4v) is 1.95. The summed E-state index contributed by atoms with van der Waals surface area (Å²) in [5.41, 5.74) is 3.59. The minimum absolute atomic E-state index is 0.0402. The number of hydrogen-bond donors (Lipinski definition) is 1. The van der Waals surface area contributed by atoms with Crippen molar-refractivity contribution in [2.45, 2.75) is 13.5 Å². The molecule has 4 heteroatoms. The Hall–Kier alpha value is -2.04. The summed E-state index contributed by atoms with van der Waals surface area (Å²) in [5.74, 6) is 0. The van der Waals surface area contributed by atoms with E-state index in [2.05, 4.69) is 35.9 Å². The van der Waals surface area contributed by atoms with Crippen LogP contribution in [-0.2, 0) is 6.61 Å². The lowest BCUT2D eigenvalue weighted by Gasteiger charge is -2.00. The minimum atomic E-state index is -0.0402. The summed E-state index contributed by atoms with van der Waals surface area (Å²) in [5, 5.41) is 10.4. The quantitative estimate of drug-likeness (QED) is 0.785. The topological polar surface area (TPSA) is 49.2 Å². The molecule has 0 bridgehead atoms. The van der Waals surface area contributed by atoms with Crippen molar-refractivity contribution in [3.8, 4) is 11.3 Å². The molecule has 21 heavy (non-hydrogen) atoms. The van der Waals surface area contributed by atoms with Crippen LogP contribution in [0.3, 0.4) is 0 Å². The van der Waals surface area contributed by atoms with Gasteiger partial charge in [0, 0.05) is 28.9 Å². The van der Waals surface area contributed by atoms with Crippen LogP contribution in [0.5, 0.6) is 0 Å². The van der Waals surface area contributed by atoms with E-state index in [1.165, 1.54) is 0 Å². The van der Waals surface area contributed by atoms with Gasteiger partial charge in [-0.05, 0) is 32.8 Å². The van der Waals surface area contributed by atoms with E-state index in [-0.39, 0.29) is 6.61 Å². The first-order valence-corrected chi connectivity index (χ1v) is 7.04. The van der Waals surface area contributed by atoms with E-state index in [1.54, 1.807) is 12.4 Å². The zero-order chi connectivity index (χ0) is 15.2. The Morgan fingerprint density at radius 2 is 1.86 bits per heavy atom. The van der Waals surface area contributed by atoms with Crippen LogP contribution in [0.4, 0.5) is 0 Å². The molecule has 0 saturated carbocycles. The molecule has 110 valence electrons. The van der Waals surface area contributed by atoms with Crippen molar-refractivity contribution in [3.63, 3.8) is 0 Å². The van der Waals surface area contributed by atoms with Crippen molar-refractivity contribution in [3.05, 3.63) is 48.3 Å². The zero-order valence-electron chi connectivity index (χ0n) is 12.7. The predicted molar refractivity (Wildman–Crippen MR) is 86.3 cm³/mol. The first-order chi connectivity index (χ1) is 10.2. The smallest absolute Gasteiger partial charge is 0.0787 e. The predicted octanol–water partition coefficient (Wildman–Crippen LogP) is 2.79. The molecular weight excluding hydrogens is 262 g/mol. The van der Waals surface area contributed by atoms with Gasteiger partial charge in [0.2, 0.25) is 0 Å². The molecule has 4 nitrogen and oxygen atoms in total. The van der Waals surface area contributed by atoms with Crippen LogP contribution < -0.4 is 0 Å². The Morgan fingerprint density at radius 1 is 1.14 bits per heavy atom. The second-order valence-electron chi connectivity index (χ2n) is 5.06. The fraction of sp³-hybridized carbons (Fsp3) is 0.294. The summed E-state index contributed by atoms with van der Waals surface area (Å²) < 4.78 is 0. The van der Waals surface area contributed by atoms with Gasteiger partial charge in [-0.2, -0.15) is 0 Å². The third-order valence-electron chi connectivity index (χ3n) is 3.35. The van der Waals surface area contributed by atoms with Crippen LogP contribution in [0.15, 0.2) is 42.7 Å². The highest BCUT2D eigenvalue weighted by Crippen LogP contribution is 2.31. The van der Waals surface area contributed by atoms with Crippen LogP contribution in [0.2, 0.25) is 0 Å². The first-order valence-electron chi connectivity index (χ1n) is 7.04. The molecular formula is C17H21N3O. The number of aliphatic hydroxyl groups is 1. The van der Waals surface area contributed by atoms with Crippen LogP contribution in [0, 0.1) is 0 Å². The molecule has 0 unspecified atom stereocenters. The highest BCUT2D eigenvalue weighted by Gasteiger charge is 2.13. The summed E-state index contributed by atoms with van der Waals surface area (Å²) in [4.78, 5) is 10.7. The molecule has 2 aliphatic rings. The van der Waals surface area contributed by atoms with E-state index in [0.29, 0.717) is 0 Å². The van der Waals surface area contributed by atoms with Crippen LogP contribution in [-0.4, -0.2) is 40.6 Å². The molecule has 1 N–H and O–H groups in total. The second kappa shape index (κ2) is 7.11. The monoisotopic (exact) mass is 283 g/mol. The van der Waals surface area contributed by atoms with E-state index < -0.39 is 0 Å². The Labute approximate surface area is 125 Å². The summed E-state index contributed by atoms with van der Waals surface area (Å²) in [7, 11) is 4.11. The van der Waals surface area contributed by atoms with E-state index >= 15 is 0 Å². The van der Waals surface area contributed by atoms with E-state index in [1.807, 2.05) is 30.3 Å². The third kappa shape index (κ3) is 3.54. The number of aliphatic hydroxyl groups excluding tert-OH is 1. The van der Waals surface area contributed by atoms with Crippen molar-refractivity contribution in [2.24, 2.45) is 0 Å². The molecule has 0 fully saturated rings. The number of para-hydroxylation sites is 1. The number of benzene rings is 1. The van der Waals surface area contributed by atoms with Crippen molar-refractivity contribution in [1.82, 2.24) is 14.9 Å². The molecule has 0 spiro atoms. The molecule has 0 amide bonds. The Bertz CT molecular complexity index is 682. The maximum Gasteiger partial charge on any atom is 0.0787 e. The average molecular weight is 283 g/mol. The lowest BCUT2D eigenvalue weighted by molar-refractivity contribution is 0.282. The van der Waals surface area contributed by atoms with Gasteiger partial charge in [0.15, 0.2) is 0 Å². The van der Waals surface area contributed by atoms with Gasteiger partial charge in [0.1, 0.15) is 0 Å². The number of nitrogens with zero attached hydrogens (tertiary/aromatic N) is 3. The van der Waals surface area contributed by atoms with Crippen molar-refractivity contribution < 1.29 is 5.11 Å². The molecule has 0 aromatic heterocycles. The molecule has 1 aromatic rings. The third-order valence-corrected chi connectivity index (χ3v) is 3.35. The van der Waals surface area contributed by atoms with E-state index in [4.69, 9.17) is 0 Å². The van der Waals surface area contributed by atoms with Gasteiger partial charge >= 0.3 is 0 Å². The molecule has 2 aliphatic heterocycles. The van der Waals surface area contributed by atoms with Gasteiger partial charge in [-0.3, -0.25) is 4.98 Å². The Balaban J connectivity index is 0.000000282. The highest BCUT2D eigenvalue weighted by atomic mass is 16.3. The number of hydrogen-bond acceptors (Lipinski definition) is 4. The minimum Gasteiger partial charge on any atom is -0.392 e. The van der Waals surface area contributed by atoms with Gasteiger partial charge in [0.05, 0.1) is 17.8 Å². The van der Waals surface area contributed by atoms with Crippen LogP contribution in [0.1, 0.15) is 12.5 Å². The maximum atomic E-state index is 9.29. The van der Waals surface area contributed by atoms with E-state index in [9.17, 15) is 5.11 Å². The summed E-state index contributed by atoms with van der Waals surface area (Å²) in [6.07, 6.45) is 3.39. The largest absolute Gasteiger partial charge is 0.392 e. The van der Waals surface area contributed by atoms with Crippen molar-refractivity contribution in [2.75, 3.05) is 20.6 Å². The number of fused-ring (bicyclic) bond motifs is 3. The molecule has 0 aliphatic carbocycles. The number of rotatable bonds is 2. The second-order valence-corrected chi connectivity index (χ2v) is 5.06. The Kier molecular flexibility index (Phi) is 5.20. The lowest BCUT2D eigenvalue weighted by Crippen LogP contribution is -2.08. The van der Waals surface area contributed by atoms with Crippen molar-refractivity contribution >= 4 is 10.9 Å². The molecule has 0 saturated heterocycles. The Morgan fingerprint density at radius 3 is 2.52 bits per heavy atom.